The first-order chi connectivity index (χ1) is 17.4. The van der Waals surface area contributed by atoms with Crippen LogP contribution >= 0.6 is 0 Å². The summed E-state index contributed by atoms with van der Waals surface area (Å²) in [6.45, 7) is 7.24. The summed E-state index contributed by atoms with van der Waals surface area (Å²) in [5.74, 6) is 0.736. The Balaban J connectivity index is 1.20. The van der Waals surface area contributed by atoms with Crippen molar-refractivity contribution in [3.63, 3.8) is 0 Å². The van der Waals surface area contributed by atoms with Crippen LogP contribution in [0, 0.1) is 11.8 Å². The third kappa shape index (κ3) is 7.23. The number of amides is 1. The molecule has 0 bridgehead atoms. The van der Waals surface area contributed by atoms with E-state index in [0.717, 1.165) is 62.4 Å². The first-order valence-corrected chi connectivity index (χ1v) is 13.7. The molecule has 4 rings (SSSR count). The lowest BCUT2D eigenvalue weighted by Crippen LogP contribution is -2.48. The van der Waals surface area contributed by atoms with Gasteiger partial charge in [-0.15, -0.1) is 0 Å². The number of carbonyl (C=O) groups is 2. The number of Topliss-reactive ketones (excluding diaryl/α,β-unsaturated/α-hetero) is 1. The number of ketones is 1. The Kier molecular flexibility index (Phi) is 9.27. The standard InChI is InChI=1S/C30H42N4O2/c1-21(2)29(35)26-8-7-24-12-16-34(17-13-25(24)19-26)15-11-22-5-9-27(10-6-22)33-28(30(31)36)18-23-4-3-14-32-20-23/h3-4,7-8,14,19-22,27-28,33H,5-6,9-13,15-18H2,1-2H3,(H2,31,36)/t22-,27-,28-/m1/s1. The fourth-order valence-electron chi connectivity index (χ4n) is 5.75. The molecular weight excluding hydrogens is 448 g/mol. The molecule has 2 aliphatic rings. The maximum absolute atomic E-state index is 12.4. The van der Waals surface area contributed by atoms with E-state index in [9.17, 15) is 9.59 Å². The van der Waals surface area contributed by atoms with Crippen LogP contribution < -0.4 is 11.1 Å². The first-order valence-electron chi connectivity index (χ1n) is 13.7. The molecule has 1 aromatic carbocycles. The number of benzene rings is 1. The summed E-state index contributed by atoms with van der Waals surface area (Å²) >= 11 is 0. The summed E-state index contributed by atoms with van der Waals surface area (Å²) in [5, 5.41) is 3.53. The van der Waals surface area contributed by atoms with Crippen molar-refractivity contribution in [3.8, 4) is 0 Å². The van der Waals surface area contributed by atoms with E-state index in [1.54, 1.807) is 12.4 Å². The van der Waals surface area contributed by atoms with Crippen molar-refractivity contribution in [1.29, 1.82) is 0 Å². The average molecular weight is 491 g/mol. The van der Waals surface area contributed by atoms with Crippen LogP contribution in [-0.2, 0) is 24.1 Å². The van der Waals surface area contributed by atoms with Crippen LogP contribution in [0.3, 0.4) is 0 Å². The molecule has 0 unspecified atom stereocenters. The maximum Gasteiger partial charge on any atom is 0.234 e. The highest BCUT2D eigenvalue weighted by Gasteiger charge is 2.26. The number of aromatic nitrogens is 1. The number of primary amides is 1. The number of hydrogen-bond donors (Lipinski definition) is 2. The van der Waals surface area contributed by atoms with Crippen molar-refractivity contribution in [1.82, 2.24) is 15.2 Å². The van der Waals surface area contributed by atoms with Gasteiger partial charge in [0.15, 0.2) is 5.78 Å². The molecule has 0 radical (unpaired) electrons. The van der Waals surface area contributed by atoms with E-state index < -0.39 is 0 Å². The lowest BCUT2D eigenvalue weighted by molar-refractivity contribution is -0.120. The molecule has 0 saturated heterocycles. The van der Waals surface area contributed by atoms with Gasteiger partial charge < -0.3 is 16.0 Å². The summed E-state index contributed by atoms with van der Waals surface area (Å²) in [4.78, 5) is 31.2. The minimum absolute atomic E-state index is 0.0402. The average Bonchev–Trinajstić information content (AvgIpc) is 3.09. The molecule has 6 heteroatoms. The molecule has 1 aromatic heterocycles. The van der Waals surface area contributed by atoms with Crippen LogP contribution in [0.25, 0.3) is 0 Å². The van der Waals surface area contributed by atoms with Crippen molar-refractivity contribution in [2.45, 2.75) is 77.3 Å². The molecule has 194 valence electrons. The molecule has 3 N–H and O–H groups in total. The zero-order valence-corrected chi connectivity index (χ0v) is 21.9. The predicted octanol–water partition coefficient (Wildman–Crippen LogP) is 3.96. The first kappa shape index (κ1) is 26.5. The fourth-order valence-corrected chi connectivity index (χ4v) is 5.75. The third-order valence-electron chi connectivity index (χ3n) is 8.05. The topological polar surface area (TPSA) is 88.3 Å². The van der Waals surface area contributed by atoms with Gasteiger partial charge in [-0.3, -0.25) is 14.6 Å². The maximum atomic E-state index is 12.4. The van der Waals surface area contributed by atoms with E-state index in [-0.39, 0.29) is 23.7 Å². The molecule has 0 spiro atoms. The Morgan fingerprint density at radius 1 is 1.08 bits per heavy atom. The van der Waals surface area contributed by atoms with Gasteiger partial charge >= 0.3 is 0 Å². The van der Waals surface area contributed by atoms with Crippen LogP contribution in [-0.4, -0.2) is 53.3 Å². The highest BCUT2D eigenvalue weighted by molar-refractivity contribution is 5.97. The van der Waals surface area contributed by atoms with Crippen LogP contribution in [0.2, 0.25) is 0 Å². The van der Waals surface area contributed by atoms with E-state index in [0.29, 0.717) is 12.5 Å². The third-order valence-corrected chi connectivity index (χ3v) is 8.05. The van der Waals surface area contributed by atoms with Gasteiger partial charge in [-0.25, -0.2) is 0 Å². The predicted molar refractivity (Wildman–Crippen MR) is 144 cm³/mol. The van der Waals surface area contributed by atoms with Gasteiger partial charge in [0.2, 0.25) is 5.91 Å². The van der Waals surface area contributed by atoms with Crippen molar-refractivity contribution in [3.05, 3.63) is 65.0 Å². The quantitative estimate of drug-likeness (QED) is 0.492. The van der Waals surface area contributed by atoms with E-state index >= 15 is 0 Å². The molecule has 1 aliphatic carbocycles. The van der Waals surface area contributed by atoms with E-state index in [2.05, 4.69) is 27.3 Å². The Bertz CT molecular complexity index is 1010. The number of carbonyl (C=O) groups excluding carboxylic acids is 2. The van der Waals surface area contributed by atoms with Crippen LogP contribution in [0.15, 0.2) is 42.7 Å². The molecule has 36 heavy (non-hydrogen) atoms. The van der Waals surface area contributed by atoms with Crippen molar-refractivity contribution in [2.24, 2.45) is 17.6 Å². The zero-order valence-electron chi connectivity index (χ0n) is 21.9. The fraction of sp³-hybridized carbons (Fsp3) is 0.567. The van der Waals surface area contributed by atoms with E-state index in [1.165, 1.54) is 30.4 Å². The van der Waals surface area contributed by atoms with Gasteiger partial charge in [-0.1, -0.05) is 32.0 Å². The molecule has 1 aliphatic heterocycles. The van der Waals surface area contributed by atoms with Gasteiger partial charge in [-0.05, 0) is 92.7 Å². The second kappa shape index (κ2) is 12.6. The van der Waals surface area contributed by atoms with Gasteiger partial charge in [-0.2, -0.15) is 0 Å². The number of fused-ring (bicyclic) bond motifs is 1. The Labute approximate surface area is 216 Å². The number of pyridine rings is 1. The minimum atomic E-state index is -0.342. The Hall–Kier alpha value is -2.57. The molecule has 2 aromatic rings. The molecule has 6 nitrogen and oxygen atoms in total. The summed E-state index contributed by atoms with van der Waals surface area (Å²) in [7, 11) is 0. The summed E-state index contributed by atoms with van der Waals surface area (Å²) in [6, 6.07) is 10.2. The van der Waals surface area contributed by atoms with Crippen molar-refractivity contribution < 1.29 is 9.59 Å². The number of nitrogens with one attached hydrogen (secondary N) is 1. The van der Waals surface area contributed by atoms with Gasteiger partial charge in [0.1, 0.15) is 0 Å². The molecule has 1 saturated carbocycles. The number of hydrogen-bond acceptors (Lipinski definition) is 5. The summed E-state index contributed by atoms with van der Waals surface area (Å²) in [5.41, 5.74) is 10.3. The molecule has 1 amide bonds. The van der Waals surface area contributed by atoms with Crippen LogP contribution in [0.1, 0.15) is 73.0 Å². The SMILES string of the molecule is CC(C)C(=O)c1ccc2c(c1)CCN(CC[C@H]1CC[C@H](N[C@H](Cc3cccnc3)C(N)=O)CC1)CC2. The highest BCUT2D eigenvalue weighted by atomic mass is 16.1. The molecule has 1 fully saturated rings. The molecular formula is C30H42N4O2. The summed E-state index contributed by atoms with van der Waals surface area (Å²) in [6.07, 6.45) is 12.1. The lowest BCUT2D eigenvalue weighted by Gasteiger charge is -2.32. The van der Waals surface area contributed by atoms with Crippen LogP contribution in [0.5, 0.6) is 0 Å². The monoisotopic (exact) mass is 490 g/mol. The second-order valence-corrected chi connectivity index (χ2v) is 11.0. The van der Waals surface area contributed by atoms with Crippen LogP contribution in [0.4, 0.5) is 0 Å². The zero-order chi connectivity index (χ0) is 25.5. The summed E-state index contributed by atoms with van der Waals surface area (Å²) < 4.78 is 0. The highest BCUT2D eigenvalue weighted by Crippen LogP contribution is 2.28. The smallest absolute Gasteiger partial charge is 0.234 e. The molecule has 1 atom stereocenters. The normalized spacial score (nSPS) is 21.5. The van der Waals surface area contributed by atoms with E-state index in [1.807, 2.05) is 32.0 Å². The Morgan fingerprint density at radius 3 is 2.50 bits per heavy atom. The lowest BCUT2D eigenvalue weighted by atomic mass is 9.83. The van der Waals surface area contributed by atoms with Gasteiger partial charge in [0.25, 0.3) is 0 Å². The minimum Gasteiger partial charge on any atom is -0.368 e. The van der Waals surface area contributed by atoms with E-state index in [4.69, 9.17) is 5.73 Å². The van der Waals surface area contributed by atoms with Gasteiger partial charge in [0, 0.05) is 43.0 Å². The van der Waals surface area contributed by atoms with Gasteiger partial charge in [0.05, 0.1) is 6.04 Å². The largest absolute Gasteiger partial charge is 0.368 e. The number of nitrogens with two attached hydrogens (primary N) is 1. The Morgan fingerprint density at radius 2 is 1.83 bits per heavy atom. The molecule has 2 heterocycles. The number of rotatable bonds is 10. The van der Waals surface area contributed by atoms with Crippen molar-refractivity contribution in [2.75, 3.05) is 19.6 Å². The van der Waals surface area contributed by atoms with Crippen molar-refractivity contribution >= 4 is 11.7 Å². The second-order valence-electron chi connectivity index (χ2n) is 11.0. The number of nitrogens with zero attached hydrogens (tertiary/aromatic N) is 2.